The van der Waals surface area contributed by atoms with Gasteiger partial charge < -0.3 is 9.64 Å². The highest BCUT2D eigenvalue weighted by atomic mass is 16.5. The predicted molar refractivity (Wildman–Crippen MR) is 62.1 cm³/mol. The molecule has 1 atom stereocenters. The summed E-state index contributed by atoms with van der Waals surface area (Å²) >= 11 is 0. The fraction of sp³-hybridized carbons (Fsp3) is 1.00. The lowest BCUT2D eigenvalue weighted by molar-refractivity contribution is -0.0799. The SMILES string of the molecule is CC(C)N1CCO[C@H](C2(N(C)C)CC2)C1. The van der Waals surface area contributed by atoms with Gasteiger partial charge in [-0.3, -0.25) is 4.90 Å². The molecule has 88 valence electrons. The molecule has 1 heterocycles. The summed E-state index contributed by atoms with van der Waals surface area (Å²) in [4.78, 5) is 4.90. The standard InChI is InChI=1S/C12H24N2O/c1-10(2)14-7-8-15-11(9-14)12(5-6-12)13(3)4/h10-11H,5-9H2,1-4H3/t11-/m0/s1. The molecule has 2 aliphatic rings. The van der Waals surface area contributed by atoms with Crippen molar-refractivity contribution < 1.29 is 4.74 Å². The molecule has 2 fully saturated rings. The fourth-order valence-corrected chi connectivity index (χ4v) is 2.65. The van der Waals surface area contributed by atoms with E-state index in [1.807, 2.05) is 0 Å². The van der Waals surface area contributed by atoms with Crippen LogP contribution < -0.4 is 0 Å². The van der Waals surface area contributed by atoms with Crippen molar-refractivity contribution in [3.05, 3.63) is 0 Å². The minimum Gasteiger partial charge on any atom is -0.374 e. The maximum atomic E-state index is 5.96. The van der Waals surface area contributed by atoms with E-state index >= 15 is 0 Å². The first-order valence-electron chi connectivity index (χ1n) is 6.09. The normalized spacial score (nSPS) is 31.2. The Labute approximate surface area is 93.4 Å². The molecule has 1 aliphatic carbocycles. The van der Waals surface area contributed by atoms with E-state index in [2.05, 4.69) is 37.7 Å². The third-order valence-corrected chi connectivity index (χ3v) is 4.08. The van der Waals surface area contributed by atoms with Crippen LogP contribution >= 0.6 is 0 Å². The summed E-state index contributed by atoms with van der Waals surface area (Å²) in [6.45, 7) is 7.65. The van der Waals surface area contributed by atoms with Gasteiger partial charge in [0.15, 0.2) is 0 Å². The third-order valence-electron chi connectivity index (χ3n) is 4.08. The maximum absolute atomic E-state index is 5.96. The van der Waals surface area contributed by atoms with Crippen LogP contribution in [0.25, 0.3) is 0 Å². The molecular formula is C12H24N2O. The van der Waals surface area contributed by atoms with E-state index in [-0.39, 0.29) is 0 Å². The highest BCUT2D eigenvalue weighted by molar-refractivity contribution is 5.09. The molecule has 0 spiro atoms. The molecule has 1 aliphatic heterocycles. The van der Waals surface area contributed by atoms with Gasteiger partial charge in [0.25, 0.3) is 0 Å². The highest BCUT2D eigenvalue weighted by Gasteiger charge is 2.53. The van der Waals surface area contributed by atoms with E-state index in [9.17, 15) is 0 Å². The minimum absolute atomic E-state index is 0.355. The van der Waals surface area contributed by atoms with Gasteiger partial charge in [0, 0.05) is 24.7 Å². The monoisotopic (exact) mass is 212 g/mol. The summed E-state index contributed by atoms with van der Waals surface area (Å²) in [5.41, 5.74) is 0.355. The van der Waals surface area contributed by atoms with Crippen molar-refractivity contribution in [2.24, 2.45) is 0 Å². The van der Waals surface area contributed by atoms with Gasteiger partial charge in [-0.25, -0.2) is 0 Å². The van der Waals surface area contributed by atoms with Crippen molar-refractivity contribution >= 4 is 0 Å². The number of rotatable bonds is 3. The summed E-state index contributed by atoms with van der Waals surface area (Å²) in [7, 11) is 4.37. The van der Waals surface area contributed by atoms with Crippen LogP contribution in [0.4, 0.5) is 0 Å². The first kappa shape index (κ1) is 11.4. The first-order valence-corrected chi connectivity index (χ1v) is 6.09. The molecule has 15 heavy (non-hydrogen) atoms. The molecule has 0 unspecified atom stereocenters. The number of nitrogens with zero attached hydrogens (tertiary/aromatic N) is 2. The van der Waals surface area contributed by atoms with Crippen LogP contribution in [0.5, 0.6) is 0 Å². The lowest BCUT2D eigenvalue weighted by atomic mass is 10.1. The van der Waals surface area contributed by atoms with Gasteiger partial charge in [0.2, 0.25) is 0 Å². The van der Waals surface area contributed by atoms with Crippen LogP contribution in [0, 0.1) is 0 Å². The molecule has 1 saturated carbocycles. The zero-order valence-electron chi connectivity index (χ0n) is 10.5. The summed E-state index contributed by atoms with van der Waals surface area (Å²) in [6.07, 6.45) is 3.02. The van der Waals surface area contributed by atoms with E-state index in [0.717, 1.165) is 19.7 Å². The van der Waals surface area contributed by atoms with Crippen LogP contribution in [0.15, 0.2) is 0 Å². The van der Waals surface area contributed by atoms with Crippen LogP contribution in [0.3, 0.4) is 0 Å². The summed E-state index contributed by atoms with van der Waals surface area (Å²) in [6, 6.07) is 0.648. The Morgan fingerprint density at radius 2 is 2.00 bits per heavy atom. The summed E-state index contributed by atoms with van der Waals surface area (Å²) in [5.74, 6) is 0. The van der Waals surface area contributed by atoms with E-state index < -0.39 is 0 Å². The summed E-state index contributed by atoms with van der Waals surface area (Å²) < 4.78 is 5.96. The van der Waals surface area contributed by atoms with E-state index in [0.29, 0.717) is 17.7 Å². The van der Waals surface area contributed by atoms with Gasteiger partial charge in [-0.05, 0) is 40.8 Å². The quantitative estimate of drug-likeness (QED) is 0.699. The number of hydrogen-bond donors (Lipinski definition) is 0. The topological polar surface area (TPSA) is 15.7 Å². The maximum Gasteiger partial charge on any atom is 0.0885 e. The smallest absolute Gasteiger partial charge is 0.0885 e. The molecule has 0 aromatic heterocycles. The molecule has 1 saturated heterocycles. The number of hydrogen-bond acceptors (Lipinski definition) is 3. The average molecular weight is 212 g/mol. The van der Waals surface area contributed by atoms with Crippen LogP contribution in [0.1, 0.15) is 26.7 Å². The Morgan fingerprint density at radius 1 is 1.33 bits per heavy atom. The Morgan fingerprint density at radius 3 is 2.47 bits per heavy atom. The lowest BCUT2D eigenvalue weighted by Gasteiger charge is -2.41. The molecule has 0 aromatic rings. The molecular weight excluding hydrogens is 188 g/mol. The van der Waals surface area contributed by atoms with Gasteiger partial charge in [-0.1, -0.05) is 0 Å². The van der Waals surface area contributed by atoms with E-state index in [1.54, 1.807) is 0 Å². The molecule has 0 radical (unpaired) electrons. The fourth-order valence-electron chi connectivity index (χ4n) is 2.65. The largest absolute Gasteiger partial charge is 0.374 e. The second-order valence-corrected chi connectivity index (χ2v) is 5.45. The van der Waals surface area contributed by atoms with Gasteiger partial charge >= 0.3 is 0 Å². The van der Waals surface area contributed by atoms with Crippen molar-refractivity contribution in [3.8, 4) is 0 Å². The van der Waals surface area contributed by atoms with E-state index in [4.69, 9.17) is 4.74 Å². The molecule has 2 rings (SSSR count). The van der Waals surface area contributed by atoms with Gasteiger partial charge in [-0.15, -0.1) is 0 Å². The molecule has 3 nitrogen and oxygen atoms in total. The van der Waals surface area contributed by atoms with Crippen LogP contribution in [-0.2, 0) is 4.74 Å². The van der Waals surface area contributed by atoms with E-state index in [1.165, 1.54) is 12.8 Å². The van der Waals surface area contributed by atoms with Crippen molar-refractivity contribution in [3.63, 3.8) is 0 Å². The predicted octanol–water partition coefficient (Wildman–Crippen LogP) is 1.19. The van der Waals surface area contributed by atoms with Crippen LogP contribution in [-0.4, -0.2) is 61.3 Å². The second-order valence-electron chi connectivity index (χ2n) is 5.45. The molecule has 0 N–H and O–H groups in total. The highest BCUT2D eigenvalue weighted by Crippen LogP contribution is 2.45. The molecule has 0 aromatic carbocycles. The molecule has 3 heteroatoms. The van der Waals surface area contributed by atoms with Gasteiger partial charge in [0.1, 0.15) is 0 Å². The Balaban J connectivity index is 1.99. The lowest BCUT2D eigenvalue weighted by Crippen LogP contribution is -2.54. The Bertz CT molecular complexity index is 224. The summed E-state index contributed by atoms with van der Waals surface area (Å²) in [5, 5.41) is 0. The van der Waals surface area contributed by atoms with Crippen molar-refractivity contribution in [1.82, 2.24) is 9.80 Å². The Hall–Kier alpha value is -0.120. The zero-order valence-corrected chi connectivity index (χ0v) is 10.5. The Kier molecular flexibility index (Phi) is 3.06. The minimum atomic E-state index is 0.355. The second kappa shape index (κ2) is 4.04. The van der Waals surface area contributed by atoms with Gasteiger partial charge in [-0.2, -0.15) is 0 Å². The first-order chi connectivity index (χ1) is 7.06. The molecule has 0 amide bonds. The van der Waals surface area contributed by atoms with Gasteiger partial charge in [0.05, 0.1) is 12.7 Å². The zero-order chi connectivity index (χ0) is 11.1. The average Bonchev–Trinajstić information content (AvgIpc) is 2.98. The molecule has 0 bridgehead atoms. The van der Waals surface area contributed by atoms with Crippen molar-refractivity contribution in [2.75, 3.05) is 33.8 Å². The van der Waals surface area contributed by atoms with Crippen molar-refractivity contribution in [2.45, 2.75) is 44.4 Å². The van der Waals surface area contributed by atoms with Crippen LogP contribution in [0.2, 0.25) is 0 Å². The number of likely N-dealkylation sites (N-methyl/N-ethyl adjacent to an activating group) is 1. The van der Waals surface area contributed by atoms with Crippen molar-refractivity contribution in [1.29, 1.82) is 0 Å². The number of morpholine rings is 1. The number of ether oxygens (including phenoxy) is 1. The third kappa shape index (κ3) is 2.05.